The number of aromatic nitrogens is 1. The molecule has 0 radical (unpaired) electrons. The van der Waals surface area contributed by atoms with Crippen molar-refractivity contribution in [2.45, 2.75) is 33.9 Å². The molecule has 110 valence electrons. The predicted octanol–water partition coefficient (Wildman–Crippen LogP) is 3.42. The summed E-state index contributed by atoms with van der Waals surface area (Å²) in [7, 11) is 0. The van der Waals surface area contributed by atoms with Crippen molar-refractivity contribution in [3.63, 3.8) is 0 Å². The Balaban J connectivity index is 2.00. The van der Waals surface area contributed by atoms with Crippen molar-refractivity contribution < 1.29 is 4.74 Å². The molecular weight excluding hydrogens is 248 g/mol. The largest absolute Gasteiger partial charge is 0.380 e. The average molecular weight is 274 g/mol. The van der Waals surface area contributed by atoms with Crippen molar-refractivity contribution >= 4 is 10.9 Å². The second-order valence-corrected chi connectivity index (χ2v) is 5.62. The lowest BCUT2D eigenvalue weighted by atomic mass is 10.1. The predicted molar refractivity (Wildman–Crippen MR) is 85.0 cm³/mol. The fourth-order valence-corrected chi connectivity index (χ4v) is 2.37. The smallest absolute Gasteiger partial charge is 0.0645 e. The molecule has 1 heterocycles. The molecule has 0 amide bonds. The van der Waals surface area contributed by atoms with Crippen LogP contribution in [-0.4, -0.2) is 24.3 Å². The van der Waals surface area contributed by atoms with Gasteiger partial charge in [0.2, 0.25) is 0 Å². The first-order valence-electron chi connectivity index (χ1n) is 7.57. The molecule has 1 N–H and O–H groups in total. The van der Waals surface area contributed by atoms with E-state index in [-0.39, 0.29) is 0 Å². The molecule has 0 spiro atoms. The van der Waals surface area contributed by atoms with Crippen LogP contribution in [0.3, 0.4) is 0 Å². The molecule has 0 saturated carbocycles. The van der Waals surface area contributed by atoms with E-state index in [0.717, 1.165) is 32.8 Å². The van der Waals surface area contributed by atoms with Crippen LogP contribution in [-0.2, 0) is 17.8 Å². The minimum Gasteiger partial charge on any atom is -0.380 e. The van der Waals surface area contributed by atoms with E-state index in [0.29, 0.717) is 5.92 Å². The van der Waals surface area contributed by atoms with E-state index in [1.807, 2.05) is 6.92 Å². The van der Waals surface area contributed by atoms with Crippen LogP contribution < -0.4 is 5.32 Å². The maximum atomic E-state index is 5.42. The molecule has 1 aromatic heterocycles. The summed E-state index contributed by atoms with van der Waals surface area (Å²) >= 11 is 0. The molecule has 2 rings (SSSR count). The number of nitrogens with one attached hydrogen (secondary N) is 1. The number of hydrogen-bond acceptors (Lipinski definition) is 2. The van der Waals surface area contributed by atoms with Crippen molar-refractivity contribution in [2.24, 2.45) is 5.92 Å². The van der Waals surface area contributed by atoms with Gasteiger partial charge in [0, 0.05) is 31.4 Å². The lowest BCUT2D eigenvalue weighted by Crippen LogP contribution is -2.18. The Labute approximate surface area is 121 Å². The average Bonchev–Trinajstić information content (AvgIpc) is 2.81. The monoisotopic (exact) mass is 274 g/mol. The molecule has 0 fully saturated rings. The highest BCUT2D eigenvalue weighted by Gasteiger charge is 2.02. The SMILES string of the molecule is CCOCCn1ccc2cc(CNCC(C)C)ccc21. The Kier molecular flexibility index (Phi) is 5.62. The molecule has 3 nitrogen and oxygen atoms in total. The maximum Gasteiger partial charge on any atom is 0.0645 e. The van der Waals surface area contributed by atoms with Gasteiger partial charge in [0.15, 0.2) is 0 Å². The highest BCUT2D eigenvalue weighted by atomic mass is 16.5. The summed E-state index contributed by atoms with van der Waals surface area (Å²) in [5, 5.41) is 4.80. The van der Waals surface area contributed by atoms with Gasteiger partial charge in [-0.25, -0.2) is 0 Å². The standard InChI is InChI=1S/C17H26N2O/c1-4-20-10-9-19-8-7-16-11-15(5-6-17(16)19)13-18-12-14(2)3/h5-8,11,14,18H,4,9-10,12-13H2,1-3H3. The van der Waals surface area contributed by atoms with Gasteiger partial charge in [-0.2, -0.15) is 0 Å². The van der Waals surface area contributed by atoms with Gasteiger partial charge in [-0.05, 0) is 48.5 Å². The van der Waals surface area contributed by atoms with Crippen molar-refractivity contribution in [3.05, 3.63) is 36.0 Å². The topological polar surface area (TPSA) is 26.2 Å². The van der Waals surface area contributed by atoms with Gasteiger partial charge >= 0.3 is 0 Å². The van der Waals surface area contributed by atoms with Crippen LogP contribution in [0.4, 0.5) is 0 Å². The molecule has 3 heteroatoms. The number of hydrogen-bond donors (Lipinski definition) is 1. The molecule has 0 aliphatic heterocycles. The van der Waals surface area contributed by atoms with E-state index >= 15 is 0 Å². The van der Waals surface area contributed by atoms with Gasteiger partial charge in [0.25, 0.3) is 0 Å². The van der Waals surface area contributed by atoms with Crippen molar-refractivity contribution in [1.29, 1.82) is 0 Å². The second-order valence-electron chi connectivity index (χ2n) is 5.62. The molecule has 0 aliphatic rings. The van der Waals surface area contributed by atoms with Gasteiger partial charge in [-0.1, -0.05) is 19.9 Å². The minimum absolute atomic E-state index is 0.693. The number of nitrogens with zero attached hydrogens (tertiary/aromatic N) is 1. The summed E-state index contributed by atoms with van der Waals surface area (Å²) in [6, 6.07) is 8.90. The molecule has 20 heavy (non-hydrogen) atoms. The van der Waals surface area contributed by atoms with Crippen LogP contribution in [0, 0.1) is 5.92 Å². The Morgan fingerprint density at radius 2 is 2.10 bits per heavy atom. The van der Waals surface area contributed by atoms with Crippen LogP contribution in [0.15, 0.2) is 30.5 Å². The van der Waals surface area contributed by atoms with Crippen LogP contribution in [0.1, 0.15) is 26.3 Å². The summed E-state index contributed by atoms with van der Waals surface area (Å²) in [6.07, 6.45) is 2.15. The third-order valence-corrected chi connectivity index (χ3v) is 3.40. The summed E-state index contributed by atoms with van der Waals surface area (Å²) in [4.78, 5) is 0. The van der Waals surface area contributed by atoms with Gasteiger partial charge < -0.3 is 14.6 Å². The number of fused-ring (bicyclic) bond motifs is 1. The van der Waals surface area contributed by atoms with Crippen molar-refractivity contribution in [2.75, 3.05) is 19.8 Å². The third-order valence-electron chi connectivity index (χ3n) is 3.40. The number of ether oxygens (including phenoxy) is 1. The molecule has 0 unspecified atom stereocenters. The Morgan fingerprint density at radius 1 is 1.25 bits per heavy atom. The van der Waals surface area contributed by atoms with E-state index in [9.17, 15) is 0 Å². The normalized spacial score (nSPS) is 11.6. The maximum absolute atomic E-state index is 5.42. The van der Waals surface area contributed by atoms with Gasteiger partial charge in [-0.15, -0.1) is 0 Å². The fraction of sp³-hybridized carbons (Fsp3) is 0.529. The van der Waals surface area contributed by atoms with E-state index in [4.69, 9.17) is 4.74 Å². The van der Waals surface area contributed by atoms with Gasteiger partial charge in [-0.3, -0.25) is 0 Å². The summed E-state index contributed by atoms with van der Waals surface area (Å²) in [5.74, 6) is 0.693. The van der Waals surface area contributed by atoms with E-state index in [2.05, 4.69) is 54.2 Å². The fourth-order valence-electron chi connectivity index (χ4n) is 2.37. The molecule has 0 aliphatic carbocycles. The van der Waals surface area contributed by atoms with E-state index in [1.165, 1.54) is 16.5 Å². The van der Waals surface area contributed by atoms with E-state index in [1.54, 1.807) is 0 Å². The molecule has 0 atom stereocenters. The zero-order valence-electron chi connectivity index (χ0n) is 12.9. The zero-order valence-corrected chi connectivity index (χ0v) is 12.9. The number of rotatable bonds is 8. The van der Waals surface area contributed by atoms with Crippen molar-refractivity contribution in [3.8, 4) is 0 Å². The Hall–Kier alpha value is -1.32. The second kappa shape index (κ2) is 7.46. The zero-order chi connectivity index (χ0) is 14.4. The minimum atomic E-state index is 0.693. The first-order chi connectivity index (χ1) is 9.70. The summed E-state index contributed by atoms with van der Waals surface area (Å²) in [5.41, 5.74) is 2.64. The van der Waals surface area contributed by atoms with Crippen molar-refractivity contribution in [1.82, 2.24) is 9.88 Å². The summed E-state index contributed by atoms with van der Waals surface area (Å²) < 4.78 is 7.68. The molecule has 0 saturated heterocycles. The van der Waals surface area contributed by atoms with E-state index < -0.39 is 0 Å². The highest BCUT2D eigenvalue weighted by molar-refractivity contribution is 5.80. The van der Waals surface area contributed by atoms with Crippen LogP contribution >= 0.6 is 0 Å². The lowest BCUT2D eigenvalue weighted by Gasteiger charge is -2.09. The van der Waals surface area contributed by atoms with Crippen LogP contribution in [0.2, 0.25) is 0 Å². The first kappa shape index (κ1) is 15.1. The third kappa shape index (κ3) is 4.09. The Bertz CT molecular complexity index is 531. The van der Waals surface area contributed by atoms with Crippen LogP contribution in [0.5, 0.6) is 0 Å². The number of benzene rings is 1. The molecular formula is C17H26N2O. The first-order valence-corrected chi connectivity index (χ1v) is 7.57. The van der Waals surface area contributed by atoms with Gasteiger partial charge in [0.05, 0.1) is 6.61 Å². The van der Waals surface area contributed by atoms with Gasteiger partial charge in [0.1, 0.15) is 0 Å². The molecule has 1 aromatic carbocycles. The molecule has 0 bridgehead atoms. The Morgan fingerprint density at radius 3 is 2.85 bits per heavy atom. The quantitative estimate of drug-likeness (QED) is 0.746. The highest BCUT2D eigenvalue weighted by Crippen LogP contribution is 2.17. The summed E-state index contributed by atoms with van der Waals surface area (Å²) in [6.45, 7) is 11.0. The lowest BCUT2D eigenvalue weighted by molar-refractivity contribution is 0.140. The molecule has 2 aromatic rings. The van der Waals surface area contributed by atoms with Crippen LogP contribution in [0.25, 0.3) is 10.9 Å².